The monoisotopic (exact) mass is 404 g/mol. The molecule has 0 radical (unpaired) electrons. The summed E-state index contributed by atoms with van der Waals surface area (Å²) in [6, 6.07) is 11.2. The topological polar surface area (TPSA) is 102 Å². The molecule has 0 heterocycles. The largest absolute Gasteiger partial charge is 0.462 e. The van der Waals surface area contributed by atoms with Crippen molar-refractivity contribution < 1.29 is 22.7 Å². The molecule has 0 aliphatic heterocycles. The van der Waals surface area contributed by atoms with Gasteiger partial charge >= 0.3 is 5.97 Å². The number of carbonyl (C=O) groups excluding carboxylic acids is 2. The van der Waals surface area contributed by atoms with Crippen LogP contribution in [-0.4, -0.2) is 32.9 Å². The quantitative estimate of drug-likeness (QED) is 0.691. The van der Waals surface area contributed by atoms with Gasteiger partial charge in [-0.2, -0.15) is 0 Å². The molecule has 0 aliphatic rings. The maximum atomic E-state index is 12.7. The van der Waals surface area contributed by atoms with E-state index in [-0.39, 0.29) is 28.8 Å². The zero-order chi connectivity index (χ0) is 20.9. The van der Waals surface area contributed by atoms with Gasteiger partial charge in [-0.15, -0.1) is 0 Å². The zero-order valence-corrected chi connectivity index (χ0v) is 17.1. The predicted molar refractivity (Wildman–Crippen MR) is 107 cm³/mol. The van der Waals surface area contributed by atoms with E-state index in [2.05, 4.69) is 10.0 Å². The summed E-state index contributed by atoms with van der Waals surface area (Å²) in [5.41, 5.74) is 1.92. The average Bonchev–Trinajstić information content (AvgIpc) is 2.61. The molecular formula is C20H24N2O5S. The molecule has 0 fully saturated rings. The number of nitrogens with one attached hydrogen (secondary N) is 2. The lowest BCUT2D eigenvalue weighted by atomic mass is 10.2. The maximum absolute atomic E-state index is 12.7. The third kappa shape index (κ3) is 5.82. The lowest BCUT2D eigenvalue weighted by Crippen LogP contribution is -2.31. The highest BCUT2D eigenvalue weighted by Gasteiger charge is 2.18. The molecule has 0 aliphatic carbocycles. The van der Waals surface area contributed by atoms with Crippen molar-refractivity contribution >= 4 is 27.6 Å². The predicted octanol–water partition coefficient (Wildman–Crippen LogP) is 2.79. The molecule has 0 atom stereocenters. The smallest absolute Gasteiger partial charge is 0.325 e. The number of aryl methyl sites for hydroxylation is 2. The Hall–Kier alpha value is -2.87. The molecule has 150 valence electrons. The zero-order valence-electron chi connectivity index (χ0n) is 16.3. The van der Waals surface area contributed by atoms with Crippen molar-refractivity contribution in [1.29, 1.82) is 0 Å². The molecule has 0 saturated heterocycles. The lowest BCUT2D eigenvalue weighted by molar-refractivity contribution is -0.146. The molecule has 7 nitrogen and oxygen atoms in total. The van der Waals surface area contributed by atoms with Crippen molar-refractivity contribution in [1.82, 2.24) is 5.32 Å². The molecule has 28 heavy (non-hydrogen) atoms. The Morgan fingerprint density at radius 2 is 1.79 bits per heavy atom. The van der Waals surface area contributed by atoms with Crippen LogP contribution >= 0.6 is 0 Å². The van der Waals surface area contributed by atoms with Gasteiger partial charge in [-0.1, -0.05) is 18.2 Å². The summed E-state index contributed by atoms with van der Waals surface area (Å²) < 4.78 is 32.8. The van der Waals surface area contributed by atoms with E-state index in [1.807, 2.05) is 13.0 Å². The normalized spacial score (nSPS) is 11.2. The van der Waals surface area contributed by atoms with Gasteiger partial charge in [0.1, 0.15) is 6.54 Å². The molecule has 0 bridgehead atoms. The van der Waals surface area contributed by atoms with E-state index in [1.165, 1.54) is 12.1 Å². The van der Waals surface area contributed by atoms with Crippen molar-refractivity contribution in [3.63, 3.8) is 0 Å². The van der Waals surface area contributed by atoms with Crippen molar-refractivity contribution in [2.75, 3.05) is 11.3 Å². The Kier molecular flexibility index (Phi) is 6.80. The van der Waals surface area contributed by atoms with Gasteiger partial charge in [0.15, 0.2) is 0 Å². The Morgan fingerprint density at radius 1 is 1.07 bits per heavy atom. The van der Waals surface area contributed by atoms with Crippen molar-refractivity contribution in [3.05, 3.63) is 59.2 Å². The van der Waals surface area contributed by atoms with E-state index in [4.69, 9.17) is 4.74 Å². The summed E-state index contributed by atoms with van der Waals surface area (Å²) >= 11 is 0. The van der Waals surface area contributed by atoms with Crippen LogP contribution in [0.15, 0.2) is 47.4 Å². The molecular weight excluding hydrogens is 380 g/mol. The molecule has 2 aromatic carbocycles. The second kappa shape index (κ2) is 8.88. The number of sulfonamides is 1. The highest BCUT2D eigenvalue weighted by Crippen LogP contribution is 2.21. The maximum Gasteiger partial charge on any atom is 0.325 e. The number of benzene rings is 2. The van der Waals surface area contributed by atoms with Gasteiger partial charge in [-0.05, 0) is 63.1 Å². The first-order valence-electron chi connectivity index (χ1n) is 8.76. The number of carbonyl (C=O) groups is 2. The minimum atomic E-state index is -3.80. The van der Waals surface area contributed by atoms with E-state index in [9.17, 15) is 18.0 Å². The van der Waals surface area contributed by atoms with Crippen LogP contribution in [0.1, 0.15) is 35.3 Å². The van der Waals surface area contributed by atoms with Gasteiger partial charge < -0.3 is 10.1 Å². The molecule has 2 N–H and O–H groups in total. The van der Waals surface area contributed by atoms with E-state index < -0.39 is 21.9 Å². The number of rotatable bonds is 7. The molecule has 2 aromatic rings. The van der Waals surface area contributed by atoms with Crippen molar-refractivity contribution in [3.8, 4) is 0 Å². The van der Waals surface area contributed by atoms with Crippen molar-refractivity contribution in [2.24, 2.45) is 0 Å². The second-order valence-electron chi connectivity index (χ2n) is 6.68. The summed E-state index contributed by atoms with van der Waals surface area (Å²) in [7, 11) is -3.80. The van der Waals surface area contributed by atoms with E-state index in [0.717, 1.165) is 5.56 Å². The van der Waals surface area contributed by atoms with Gasteiger partial charge in [-0.3, -0.25) is 14.3 Å². The van der Waals surface area contributed by atoms with Crippen LogP contribution in [-0.2, 0) is 19.6 Å². The number of anilines is 1. The van der Waals surface area contributed by atoms with Crippen LogP contribution in [0.2, 0.25) is 0 Å². The standard InChI is InChI=1S/C20H24N2O5S/c1-13(2)27-19(23)12-21-20(24)16-6-5-7-17(11-16)22-28(25,26)18-10-14(3)8-9-15(18)4/h5-11,13,22H,12H2,1-4H3,(H,21,24). The molecule has 2 rings (SSSR count). The van der Waals surface area contributed by atoms with Crippen LogP contribution in [0.4, 0.5) is 5.69 Å². The minimum absolute atomic E-state index is 0.179. The highest BCUT2D eigenvalue weighted by atomic mass is 32.2. The fourth-order valence-electron chi connectivity index (χ4n) is 2.49. The van der Waals surface area contributed by atoms with Crippen LogP contribution in [0.3, 0.4) is 0 Å². The molecule has 0 aromatic heterocycles. The van der Waals surface area contributed by atoms with E-state index >= 15 is 0 Å². The number of amides is 1. The first-order chi connectivity index (χ1) is 13.1. The van der Waals surface area contributed by atoms with Crippen LogP contribution < -0.4 is 10.0 Å². The molecule has 0 spiro atoms. The second-order valence-corrected chi connectivity index (χ2v) is 8.33. The summed E-state index contributed by atoms with van der Waals surface area (Å²) in [4.78, 5) is 23.9. The average molecular weight is 404 g/mol. The highest BCUT2D eigenvalue weighted by molar-refractivity contribution is 7.92. The number of hydrogen-bond donors (Lipinski definition) is 2. The fraction of sp³-hybridized carbons (Fsp3) is 0.300. The number of ether oxygens (including phenoxy) is 1. The van der Waals surface area contributed by atoms with Crippen LogP contribution in [0, 0.1) is 13.8 Å². The molecule has 1 amide bonds. The Bertz CT molecular complexity index is 984. The summed E-state index contributed by atoms with van der Waals surface area (Å²) in [5, 5.41) is 2.45. The number of esters is 1. The Labute approximate surface area is 165 Å². The lowest BCUT2D eigenvalue weighted by Gasteiger charge is -2.12. The SMILES string of the molecule is Cc1ccc(C)c(S(=O)(=O)Nc2cccc(C(=O)NCC(=O)OC(C)C)c2)c1. The Morgan fingerprint density at radius 3 is 2.46 bits per heavy atom. The van der Waals surface area contributed by atoms with Crippen LogP contribution in [0.5, 0.6) is 0 Å². The third-order valence-electron chi connectivity index (χ3n) is 3.77. The van der Waals surface area contributed by atoms with Gasteiger partial charge in [0.25, 0.3) is 15.9 Å². The summed E-state index contributed by atoms with van der Waals surface area (Å²) in [5.74, 6) is -1.05. The minimum Gasteiger partial charge on any atom is -0.462 e. The van der Waals surface area contributed by atoms with Gasteiger partial charge in [-0.25, -0.2) is 8.42 Å². The van der Waals surface area contributed by atoms with Crippen LogP contribution in [0.25, 0.3) is 0 Å². The third-order valence-corrected chi connectivity index (χ3v) is 5.29. The first-order valence-corrected chi connectivity index (χ1v) is 10.2. The summed E-state index contributed by atoms with van der Waals surface area (Å²) in [6.07, 6.45) is -0.271. The number of hydrogen-bond acceptors (Lipinski definition) is 5. The van der Waals surface area contributed by atoms with E-state index in [0.29, 0.717) is 5.56 Å². The first kappa shape index (κ1) is 21.4. The molecule has 8 heteroatoms. The Balaban J connectivity index is 2.13. The van der Waals surface area contributed by atoms with Crippen molar-refractivity contribution in [2.45, 2.75) is 38.7 Å². The van der Waals surface area contributed by atoms with Gasteiger partial charge in [0, 0.05) is 11.3 Å². The molecule has 0 saturated carbocycles. The fourth-order valence-corrected chi connectivity index (χ4v) is 3.87. The van der Waals surface area contributed by atoms with Gasteiger partial charge in [0.2, 0.25) is 0 Å². The van der Waals surface area contributed by atoms with E-state index in [1.54, 1.807) is 45.0 Å². The molecule has 0 unspecified atom stereocenters. The summed E-state index contributed by atoms with van der Waals surface area (Å²) in [6.45, 7) is 6.69. The van der Waals surface area contributed by atoms with Gasteiger partial charge in [0.05, 0.1) is 11.0 Å².